The Morgan fingerprint density at radius 3 is 3.00 bits per heavy atom. The molecule has 1 rings (SSSR count). The summed E-state index contributed by atoms with van der Waals surface area (Å²) in [6, 6.07) is 1.90. The fourth-order valence-corrected chi connectivity index (χ4v) is 2.12. The van der Waals surface area contributed by atoms with E-state index in [0.29, 0.717) is 6.54 Å². The van der Waals surface area contributed by atoms with E-state index < -0.39 is 0 Å². The van der Waals surface area contributed by atoms with E-state index in [0.717, 1.165) is 8.45 Å². The first kappa shape index (κ1) is 10.9. The maximum Gasteiger partial charge on any atom is 0.252 e. The van der Waals surface area contributed by atoms with Gasteiger partial charge in [0.15, 0.2) is 0 Å². The molecule has 1 unspecified atom stereocenters. The molecule has 72 valence electrons. The summed E-state index contributed by atoms with van der Waals surface area (Å²) in [5.74, 6) is -0.0443. The van der Waals surface area contributed by atoms with Crippen molar-refractivity contribution in [3.8, 4) is 0 Å². The number of hydrogen-bond donors (Lipinski definition) is 2. The maximum atomic E-state index is 11.5. The SMILES string of the molecule is CC(CN)NC(=O)c1csc(I)c1. The highest BCUT2D eigenvalue weighted by atomic mass is 127. The van der Waals surface area contributed by atoms with Crippen molar-refractivity contribution in [1.82, 2.24) is 5.32 Å². The average Bonchev–Trinajstić information content (AvgIpc) is 2.51. The topological polar surface area (TPSA) is 55.1 Å². The molecule has 0 spiro atoms. The van der Waals surface area contributed by atoms with Gasteiger partial charge in [-0.15, -0.1) is 11.3 Å². The Hall–Kier alpha value is -0.140. The lowest BCUT2D eigenvalue weighted by Crippen LogP contribution is -2.37. The van der Waals surface area contributed by atoms with Gasteiger partial charge >= 0.3 is 0 Å². The average molecular weight is 310 g/mol. The Morgan fingerprint density at radius 1 is 1.85 bits per heavy atom. The molecule has 0 aliphatic carbocycles. The van der Waals surface area contributed by atoms with Crippen molar-refractivity contribution in [2.45, 2.75) is 13.0 Å². The molecule has 13 heavy (non-hydrogen) atoms. The van der Waals surface area contributed by atoms with Crippen LogP contribution in [0.15, 0.2) is 11.4 Å². The molecule has 0 fully saturated rings. The second-order valence-corrected chi connectivity index (χ2v) is 5.56. The van der Waals surface area contributed by atoms with Gasteiger partial charge in [-0.1, -0.05) is 0 Å². The summed E-state index contributed by atoms with van der Waals surface area (Å²) in [5.41, 5.74) is 6.11. The van der Waals surface area contributed by atoms with Gasteiger partial charge in [-0.3, -0.25) is 4.79 Å². The van der Waals surface area contributed by atoms with Crippen molar-refractivity contribution < 1.29 is 4.79 Å². The third kappa shape index (κ3) is 3.24. The van der Waals surface area contributed by atoms with Gasteiger partial charge in [0, 0.05) is 18.0 Å². The molecule has 0 saturated carbocycles. The standard InChI is InChI=1S/C8H11IN2OS/c1-5(3-10)11-8(12)6-2-7(9)13-4-6/h2,4-5H,3,10H2,1H3,(H,11,12). The van der Waals surface area contributed by atoms with Crippen molar-refractivity contribution in [1.29, 1.82) is 0 Å². The van der Waals surface area contributed by atoms with Crippen LogP contribution in [0.3, 0.4) is 0 Å². The smallest absolute Gasteiger partial charge is 0.252 e. The number of amides is 1. The number of hydrogen-bond acceptors (Lipinski definition) is 3. The summed E-state index contributed by atoms with van der Waals surface area (Å²) < 4.78 is 1.11. The molecule has 1 aromatic heterocycles. The van der Waals surface area contributed by atoms with Crippen LogP contribution in [-0.4, -0.2) is 18.5 Å². The second-order valence-electron chi connectivity index (χ2n) is 2.75. The summed E-state index contributed by atoms with van der Waals surface area (Å²) >= 11 is 3.75. The Labute approximate surface area is 94.8 Å². The predicted molar refractivity (Wildman–Crippen MR) is 63.0 cm³/mol. The summed E-state index contributed by atoms with van der Waals surface area (Å²) in [6.45, 7) is 2.35. The minimum atomic E-state index is -0.0443. The number of carbonyl (C=O) groups excluding carboxylic acids is 1. The van der Waals surface area contributed by atoms with Crippen LogP contribution in [0.25, 0.3) is 0 Å². The van der Waals surface area contributed by atoms with Crippen LogP contribution in [0.1, 0.15) is 17.3 Å². The molecule has 1 heterocycles. The van der Waals surface area contributed by atoms with Crippen molar-refractivity contribution in [3.63, 3.8) is 0 Å². The number of halogens is 1. The third-order valence-electron chi connectivity index (χ3n) is 1.56. The number of nitrogens with two attached hydrogens (primary N) is 1. The van der Waals surface area contributed by atoms with E-state index >= 15 is 0 Å². The normalized spacial score (nSPS) is 12.5. The second kappa shape index (κ2) is 4.92. The number of nitrogens with one attached hydrogen (secondary N) is 1. The molecule has 3 N–H and O–H groups in total. The lowest BCUT2D eigenvalue weighted by molar-refractivity contribution is 0.0941. The number of carbonyl (C=O) groups is 1. The summed E-state index contributed by atoms with van der Waals surface area (Å²) in [7, 11) is 0. The monoisotopic (exact) mass is 310 g/mol. The van der Waals surface area contributed by atoms with Crippen LogP contribution in [0, 0.1) is 2.88 Å². The van der Waals surface area contributed by atoms with Crippen LogP contribution in [-0.2, 0) is 0 Å². The van der Waals surface area contributed by atoms with Gasteiger partial charge in [-0.25, -0.2) is 0 Å². The molecule has 3 nitrogen and oxygen atoms in total. The number of thiophene rings is 1. The van der Waals surface area contributed by atoms with Gasteiger partial charge in [0.25, 0.3) is 5.91 Å². The van der Waals surface area contributed by atoms with E-state index in [1.165, 1.54) is 0 Å². The van der Waals surface area contributed by atoms with Crippen molar-refractivity contribution in [2.75, 3.05) is 6.54 Å². The van der Waals surface area contributed by atoms with Gasteiger partial charge in [-0.05, 0) is 35.6 Å². The molecule has 0 radical (unpaired) electrons. The molecule has 5 heteroatoms. The molecule has 0 aliphatic rings. The molecule has 1 amide bonds. The lowest BCUT2D eigenvalue weighted by Gasteiger charge is -2.09. The molecule has 1 aromatic rings. The van der Waals surface area contributed by atoms with Crippen LogP contribution < -0.4 is 11.1 Å². The van der Waals surface area contributed by atoms with Gasteiger partial charge in [0.05, 0.1) is 8.45 Å². The van der Waals surface area contributed by atoms with Crippen LogP contribution in [0.2, 0.25) is 0 Å². The summed E-state index contributed by atoms with van der Waals surface area (Å²) in [6.07, 6.45) is 0. The first-order valence-corrected chi connectivity index (χ1v) is 5.84. The van der Waals surface area contributed by atoms with Crippen LogP contribution >= 0.6 is 33.9 Å². The first-order chi connectivity index (χ1) is 6.13. The van der Waals surface area contributed by atoms with Crippen molar-refractivity contribution >= 4 is 39.8 Å². The first-order valence-electron chi connectivity index (χ1n) is 3.88. The Balaban J connectivity index is 2.58. The van der Waals surface area contributed by atoms with E-state index in [9.17, 15) is 4.79 Å². The Bertz CT molecular complexity index is 300. The van der Waals surface area contributed by atoms with E-state index in [1.807, 2.05) is 18.4 Å². The van der Waals surface area contributed by atoms with Crippen molar-refractivity contribution in [3.05, 3.63) is 19.9 Å². The quantitative estimate of drug-likeness (QED) is 0.830. The van der Waals surface area contributed by atoms with E-state index in [2.05, 4.69) is 27.9 Å². The van der Waals surface area contributed by atoms with Crippen molar-refractivity contribution in [2.24, 2.45) is 5.73 Å². The Morgan fingerprint density at radius 2 is 2.54 bits per heavy atom. The highest BCUT2D eigenvalue weighted by molar-refractivity contribution is 14.1. The zero-order valence-electron chi connectivity index (χ0n) is 7.21. The zero-order chi connectivity index (χ0) is 9.84. The summed E-state index contributed by atoms with van der Waals surface area (Å²) in [4.78, 5) is 11.5. The van der Waals surface area contributed by atoms with E-state index in [4.69, 9.17) is 5.73 Å². The highest BCUT2D eigenvalue weighted by Crippen LogP contribution is 2.16. The minimum absolute atomic E-state index is 0.0325. The highest BCUT2D eigenvalue weighted by Gasteiger charge is 2.09. The summed E-state index contributed by atoms with van der Waals surface area (Å²) in [5, 5.41) is 4.65. The minimum Gasteiger partial charge on any atom is -0.348 e. The third-order valence-corrected chi connectivity index (χ3v) is 3.35. The molecule has 0 aliphatic heterocycles. The van der Waals surface area contributed by atoms with Crippen LogP contribution in [0.5, 0.6) is 0 Å². The molecule has 0 bridgehead atoms. The Kier molecular flexibility index (Phi) is 4.14. The van der Waals surface area contributed by atoms with E-state index in [-0.39, 0.29) is 11.9 Å². The van der Waals surface area contributed by atoms with Crippen LogP contribution in [0.4, 0.5) is 0 Å². The number of rotatable bonds is 3. The van der Waals surface area contributed by atoms with Gasteiger partial charge in [0.1, 0.15) is 0 Å². The largest absolute Gasteiger partial charge is 0.348 e. The van der Waals surface area contributed by atoms with E-state index in [1.54, 1.807) is 11.3 Å². The fraction of sp³-hybridized carbons (Fsp3) is 0.375. The zero-order valence-corrected chi connectivity index (χ0v) is 10.2. The predicted octanol–water partition coefficient (Wildman–Crippen LogP) is 1.43. The maximum absolute atomic E-state index is 11.5. The van der Waals surface area contributed by atoms with Gasteiger partial charge in [0.2, 0.25) is 0 Å². The molecule has 1 atom stereocenters. The molecular formula is C8H11IN2OS. The van der Waals surface area contributed by atoms with Gasteiger partial charge in [-0.2, -0.15) is 0 Å². The molecule has 0 saturated heterocycles. The molecular weight excluding hydrogens is 299 g/mol. The molecule has 0 aromatic carbocycles. The van der Waals surface area contributed by atoms with Gasteiger partial charge < -0.3 is 11.1 Å². The lowest BCUT2D eigenvalue weighted by atomic mass is 10.3. The fourth-order valence-electron chi connectivity index (χ4n) is 0.795.